The molecule has 1 rings (SSSR count). The van der Waals surface area contributed by atoms with E-state index in [1.54, 1.807) is 12.1 Å². The molecule has 0 aliphatic carbocycles. The van der Waals surface area contributed by atoms with Crippen LogP contribution in [0.1, 0.15) is 45.6 Å². The molecule has 108 valence electrons. The summed E-state index contributed by atoms with van der Waals surface area (Å²) in [7, 11) is 0. The topological polar surface area (TPSA) is 12.0 Å². The van der Waals surface area contributed by atoms with Crippen LogP contribution in [0, 0.1) is 11.7 Å². The summed E-state index contributed by atoms with van der Waals surface area (Å²) in [5.74, 6) is 0.457. The Balaban J connectivity index is 2.71. The molecule has 0 spiro atoms. The third-order valence-electron chi connectivity index (χ3n) is 3.54. The maximum Gasteiger partial charge on any atom is 0.123 e. The van der Waals surface area contributed by atoms with E-state index in [-0.39, 0.29) is 5.82 Å². The normalized spacial score (nSPS) is 14.4. The largest absolute Gasteiger partial charge is 0.314 e. The molecule has 19 heavy (non-hydrogen) atoms. The molecule has 1 aromatic rings. The van der Waals surface area contributed by atoms with Gasteiger partial charge in [-0.1, -0.05) is 38.8 Å². The van der Waals surface area contributed by atoms with E-state index in [0.717, 1.165) is 31.4 Å². The molecule has 1 nitrogen and oxygen atoms in total. The Bertz CT molecular complexity index is 381. The molecule has 0 aliphatic rings. The molecular weight excluding hydrogens is 261 g/mol. The van der Waals surface area contributed by atoms with Crippen molar-refractivity contribution in [1.82, 2.24) is 5.32 Å². The Hall–Kier alpha value is -0.600. The van der Waals surface area contributed by atoms with Crippen LogP contribution in [0.2, 0.25) is 5.02 Å². The summed E-state index contributed by atoms with van der Waals surface area (Å²) >= 11 is 6.15. The summed E-state index contributed by atoms with van der Waals surface area (Å²) in [5.41, 5.74) is 0.901. The molecule has 0 fully saturated rings. The van der Waals surface area contributed by atoms with Gasteiger partial charge in [0.15, 0.2) is 0 Å². The van der Waals surface area contributed by atoms with Gasteiger partial charge in [0.05, 0.1) is 0 Å². The van der Waals surface area contributed by atoms with Crippen molar-refractivity contribution in [1.29, 1.82) is 0 Å². The number of hydrogen-bond donors (Lipinski definition) is 1. The SMILES string of the molecule is CCCNC(Cc1cc(F)ccc1Cl)CC(C)CC. The number of rotatable bonds is 8. The second-order valence-corrected chi connectivity index (χ2v) is 5.75. The Labute approximate surface area is 121 Å². The molecule has 2 atom stereocenters. The summed E-state index contributed by atoms with van der Waals surface area (Å²) in [6.45, 7) is 7.61. The third-order valence-corrected chi connectivity index (χ3v) is 3.91. The van der Waals surface area contributed by atoms with Crippen molar-refractivity contribution in [3.63, 3.8) is 0 Å². The van der Waals surface area contributed by atoms with Gasteiger partial charge in [0, 0.05) is 11.1 Å². The molecule has 0 heterocycles. The lowest BCUT2D eigenvalue weighted by atomic mass is 9.94. The van der Waals surface area contributed by atoms with Gasteiger partial charge in [0.2, 0.25) is 0 Å². The van der Waals surface area contributed by atoms with Gasteiger partial charge in [0.1, 0.15) is 5.82 Å². The molecular formula is C16H25ClFN. The fourth-order valence-electron chi connectivity index (χ4n) is 2.20. The van der Waals surface area contributed by atoms with Gasteiger partial charge in [0.25, 0.3) is 0 Å². The average Bonchev–Trinajstić information content (AvgIpc) is 2.39. The molecule has 1 N–H and O–H groups in total. The maximum atomic E-state index is 13.3. The first-order valence-electron chi connectivity index (χ1n) is 7.24. The van der Waals surface area contributed by atoms with Gasteiger partial charge < -0.3 is 5.32 Å². The lowest BCUT2D eigenvalue weighted by Crippen LogP contribution is -2.33. The van der Waals surface area contributed by atoms with Crippen molar-refractivity contribution in [3.8, 4) is 0 Å². The minimum absolute atomic E-state index is 0.211. The fraction of sp³-hybridized carbons (Fsp3) is 0.625. The number of halogens is 2. The number of hydrogen-bond acceptors (Lipinski definition) is 1. The molecule has 0 aromatic heterocycles. The highest BCUT2D eigenvalue weighted by Crippen LogP contribution is 2.21. The summed E-state index contributed by atoms with van der Waals surface area (Å²) in [6.07, 6.45) is 4.17. The second kappa shape index (κ2) is 8.55. The van der Waals surface area contributed by atoms with E-state index >= 15 is 0 Å². The van der Waals surface area contributed by atoms with E-state index in [1.807, 2.05) is 0 Å². The average molecular weight is 286 g/mol. The Kier molecular flexibility index (Phi) is 7.40. The smallest absolute Gasteiger partial charge is 0.123 e. The van der Waals surface area contributed by atoms with Crippen molar-refractivity contribution in [2.24, 2.45) is 5.92 Å². The first-order valence-corrected chi connectivity index (χ1v) is 7.61. The zero-order chi connectivity index (χ0) is 14.3. The maximum absolute atomic E-state index is 13.3. The molecule has 0 radical (unpaired) electrons. The lowest BCUT2D eigenvalue weighted by Gasteiger charge is -2.22. The van der Waals surface area contributed by atoms with Gasteiger partial charge in [-0.15, -0.1) is 0 Å². The molecule has 1 aromatic carbocycles. The summed E-state index contributed by atoms with van der Waals surface area (Å²) in [4.78, 5) is 0. The van der Waals surface area contributed by atoms with Crippen LogP contribution in [0.5, 0.6) is 0 Å². The van der Waals surface area contributed by atoms with Crippen molar-refractivity contribution in [2.75, 3.05) is 6.54 Å². The van der Waals surface area contributed by atoms with Crippen LogP contribution in [0.25, 0.3) is 0 Å². The van der Waals surface area contributed by atoms with Crippen LogP contribution in [0.15, 0.2) is 18.2 Å². The first kappa shape index (κ1) is 16.5. The molecule has 0 saturated heterocycles. The van der Waals surface area contributed by atoms with Gasteiger partial charge in [-0.05, 0) is 55.5 Å². The van der Waals surface area contributed by atoms with Gasteiger partial charge in [-0.25, -0.2) is 4.39 Å². The van der Waals surface area contributed by atoms with E-state index in [4.69, 9.17) is 11.6 Å². The fourth-order valence-corrected chi connectivity index (χ4v) is 2.40. The number of nitrogens with one attached hydrogen (secondary N) is 1. The molecule has 0 aliphatic heterocycles. The second-order valence-electron chi connectivity index (χ2n) is 5.34. The minimum atomic E-state index is -0.211. The third kappa shape index (κ3) is 5.92. The zero-order valence-electron chi connectivity index (χ0n) is 12.2. The predicted molar refractivity (Wildman–Crippen MR) is 81.3 cm³/mol. The summed E-state index contributed by atoms with van der Waals surface area (Å²) < 4.78 is 13.3. The molecule has 0 amide bonds. The highest BCUT2D eigenvalue weighted by Gasteiger charge is 2.14. The van der Waals surface area contributed by atoms with E-state index < -0.39 is 0 Å². The van der Waals surface area contributed by atoms with Crippen LogP contribution < -0.4 is 5.32 Å². The van der Waals surface area contributed by atoms with E-state index in [0.29, 0.717) is 17.0 Å². The van der Waals surface area contributed by atoms with Crippen LogP contribution in [-0.4, -0.2) is 12.6 Å². The monoisotopic (exact) mass is 285 g/mol. The Morgan fingerprint density at radius 3 is 2.68 bits per heavy atom. The molecule has 0 bridgehead atoms. The molecule has 3 heteroatoms. The predicted octanol–water partition coefficient (Wildman–Crippen LogP) is 4.83. The van der Waals surface area contributed by atoms with E-state index in [1.165, 1.54) is 12.5 Å². The summed E-state index contributed by atoms with van der Waals surface area (Å²) in [6, 6.07) is 4.98. The first-order chi connectivity index (χ1) is 9.06. The van der Waals surface area contributed by atoms with Crippen LogP contribution in [0.3, 0.4) is 0 Å². The summed E-state index contributed by atoms with van der Waals surface area (Å²) in [5, 5.41) is 4.21. The standard InChI is InChI=1S/C16H25ClFN/c1-4-8-19-15(9-12(3)5-2)11-13-10-14(18)6-7-16(13)17/h6-7,10,12,15,19H,4-5,8-9,11H2,1-3H3. The Morgan fingerprint density at radius 1 is 1.32 bits per heavy atom. The minimum Gasteiger partial charge on any atom is -0.314 e. The van der Waals surface area contributed by atoms with Gasteiger partial charge in [-0.3, -0.25) is 0 Å². The quantitative estimate of drug-likeness (QED) is 0.722. The van der Waals surface area contributed by atoms with E-state index in [9.17, 15) is 4.39 Å². The van der Waals surface area contributed by atoms with Gasteiger partial charge >= 0.3 is 0 Å². The molecule has 0 saturated carbocycles. The van der Waals surface area contributed by atoms with E-state index in [2.05, 4.69) is 26.1 Å². The van der Waals surface area contributed by atoms with Crippen molar-refractivity contribution in [3.05, 3.63) is 34.6 Å². The lowest BCUT2D eigenvalue weighted by molar-refractivity contribution is 0.391. The van der Waals surface area contributed by atoms with Crippen molar-refractivity contribution in [2.45, 2.75) is 52.5 Å². The zero-order valence-corrected chi connectivity index (χ0v) is 12.9. The van der Waals surface area contributed by atoms with Crippen molar-refractivity contribution < 1.29 is 4.39 Å². The highest BCUT2D eigenvalue weighted by molar-refractivity contribution is 6.31. The van der Waals surface area contributed by atoms with Gasteiger partial charge in [-0.2, -0.15) is 0 Å². The van der Waals surface area contributed by atoms with Crippen LogP contribution in [0.4, 0.5) is 4.39 Å². The highest BCUT2D eigenvalue weighted by atomic mass is 35.5. The molecule has 2 unspecified atom stereocenters. The van der Waals surface area contributed by atoms with Crippen molar-refractivity contribution >= 4 is 11.6 Å². The number of benzene rings is 1. The Morgan fingerprint density at radius 2 is 2.05 bits per heavy atom. The van der Waals surface area contributed by atoms with Crippen LogP contribution >= 0.6 is 11.6 Å². The van der Waals surface area contributed by atoms with Crippen LogP contribution in [-0.2, 0) is 6.42 Å².